The Bertz CT molecular complexity index is 883. The topological polar surface area (TPSA) is 77.0 Å². The number of amides is 1. The summed E-state index contributed by atoms with van der Waals surface area (Å²) < 4.78 is 5.63. The average Bonchev–Trinajstić information content (AvgIpc) is 2.65. The van der Waals surface area contributed by atoms with Crippen LogP contribution in [-0.4, -0.2) is 20.9 Å². The number of hydrogen-bond donors (Lipinski definition) is 1. The molecule has 0 radical (unpaired) electrons. The Balaban J connectivity index is 1.58. The first-order valence-corrected chi connectivity index (χ1v) is 8.50. The van der Waals surface area contributed by atoms with Gasteiger partial charge in [0.15, 0.2) is 0 Å². The molecule has 0 bridgehead atoms. The van der Waals surface area contributed by atoms with E-state index in [1.165, 1.54) is 6.20 Å². The lowest BCUT2D eigenvalue weighted by atomic mass is 10.1. The first-order valence-electron chi connectivity index (χ1n) is 8.12. The SMILES string of the molecule is CCc1nccc(NC(=O)Cc2ccc(Oc3ccc(Cl)cn3)cc2)n1. The molecule has 1 N–H and O–H groups in total. The fourth-order valence-electron chi connectivity index (χ4n) is 2.23. The van der Waals surface area contributed by atoms with Gasteiger partial charge in [0, 0.05) is 24.9 Å². The molecule has 0 unspecified atom stereocenters. The fourth-order valence-corrected chi connectivity index (χ4v) is 2.34. The van der Waals surface area contributed by atoms with Gasteiger partial charge in [0.25, 0.3) is 0 Å². The second-order valence-electron chi connectivity index (χ2n) is 5.50. The number of pyridine rings is 1. The summed E-state index contributed by atoms with van der Waals surface area (Å²) in [4.78, 5) is 24.6. The van der Waals surface area contributed by atoms with Crippen molar-refractivity contribution in [2.45, 2.75) is 19.8 Å². The van der Waals surface area contributed by atoms with Gasteiger partial charge in [0.2, 0.25) is 11.8 Å². The van der Waals surface area contributed by atoms with Gasteiger partial charge in [-0.1, -0.05) is 30.7 Å². The minimum Gasteiger partial charge on any atom is -0.439 e. The van der Waals surface area contributed by atoms with Crippen LogP contribution in [0.25, 0.3) is 0 Å². The standard InChI is InChI=1S/C19H17ClN4O2/c1-2-16-21-10-9-17(23-16)24-18(25)11-13-3-6-15(7-4-13)26-19-8-5-14(20)12-22-19/h3-10,12H,2,11H2,1H3,(H,21,23,24,25). The highest BCUT2D eigenvalue weighted by molar-refractivity contribution is 6.30. The molecule has 0 spiro atoms. The maximum Gasteiger partial charge on any atom is 0.229 e. The Kier molecular flexibility index (Phi) is 5.76. The molecule has 1 aromatic carbocycles. The predicted octanol–water partition coefficient (Wildman–Crippen LogP) is 4.06. The molecule has 2 heterocycles. The van der Waals surface area contributed by atoms with Gasteiger partial charge in [-0.3, -0.25) is 4.79 Å². The third-order valence-corrected chi connectivity index (χ3v) is 3.72. The van der Waals surface area contributed by atoms with Crippen LogP contribution in [-0.2, 0) is 17.6 Å². The minimum absolute atomic E-state index is 0.140. The number of aryl methyl sites for hydroxylation is 1. The van der Waals surface area contributed by atoms with E-state index in [2.05, 4.69) is 20.3 Å². The number of rotatable bonds is 6. The van der Waals surface area contributed by atoms with Crippen LogP contribution in [0.3, 0.4) is 0 Å². The van der Waals surface area contributed by atoms with Gasteiger partial charge in [-0.05, 0) is 29.8 Å². The first kappa shape index (κ1) is 17.8. The van der Waals surface area contributed by atoms with Crippen LogP contribution in [0, 0.1) is 0 Å². The van der Waals surface area contributed by atoms with Gasteiger partial charge < -0.3 is 10.1 Å². The molecule has 0 fully saturated rings. The Hall–Kier alpha value is -2.99. The van der Waals surface area contributed by atoms with E-state index in [1.807, 2.05) is 19.1 Å². The number of nitrogens with zero attached hydrogens (tertiary/aromatic N) is 3. The highest BCUT2D eigenvalue weighted by Gasteiger charge is 2.07. The third kappa shape index (κ3) is 5.00. The summed E-state index contributed by atoms with van der Waals surface area (Å²) in [6.07, 6.45) is 4.11. The van der Waals surface area contributed by atoms with E-state index in [9.17, 15) is 4.79 Å². The fraction of sp³-hybridized carbons (Fsp3) is 0.158. The van der Waals surface area contributed by atoms with Gasteiger partial charge in [-0.15, -0.1) is 0 Å². The molecule has 0 aliphatic carbocycles. The van der Waals surface area contributed by atoms with E-state index in [1.54, 1.807) is 36.5 Å². The second-order valence-corrected chi connectivity index (χ2v) is 5.93. The molecule has 3 rings (SSSR count). The molecule has 0 saturated carbocycles. The number of carbonyl (C=O) groups excluding carboxylic acids is 1. The summed E-state index contributed by atoms with van der Waals surface area (Å²) in [5.74, 6) is 2.15. The van der Waals surface area contributed by atoms with Crippen molar-refractivity contribution >= 4 is 23.3 Å². The van der Waals surface area contributed by atoms with Crippen molar-refractivity contribution in [1.82, 2.24) is 15.0 Å². The van der Waals surface area contributed by atoms with Crippen molar-refractivity contribution in [1.29, 1.82) is 0 Å². The molecule has 7 heteroatoms. The number of anilines is 1. The molecule has 2 aromatic heterocycles. The lowest BCUT2D eigenvalue weighted by Crippen LogP contribution is -2.15. The van der Waals surface area contributed by atoms with Crippen LogP contribution in [0.1, 0.15) is 18.3 Å². The Labute approximate surface area is 156 Å². The zero-order valence-electron chi connectivity index (χ0n) is 14.1. The quantitative estimate of drug-likeness (QED) is 0.709. The van der Waals surface area contributed by atoms with Crippen LogP contribution >= 0.6 is 11.6 Å². The molecule has 1 amide bonds. The summed E-state index contributed by atoms with van der Waals surface area (Å²) in [5.41, 5.74) is 0.865. The van der Waals surface area contributed by atoms with Crippen LogP contribution in [0.15, 0.2) is 54.9 Å². The Morgan fingerprint density at radius 2 is 1.92 bits per heavy atom. The predicted molar refractivity (Wildman–Crippen MR) is 99.5 cm³/mol. The maximum absolute atomic E-state index is 12.2. The summed E-state index contributed by atoms with van der Waals surface area (Å²) >= 11 is 5.79. The zero-order chi connectivity index (χ0) is 18.4. The number of carbonyl (C=O) groups is 1. The number of ether oxygens (including phenoxy) is 1. The minimum atomic E-state index is -0.140. The van der Waals surface area contributed by atoms with E-state index in [-0.39, 0.29) is 12.3 Å². The lowest BCUT2D eigenvalue weighted by Gasteiger charge is -2.07. The monoisotopic (exact) mass is 368 g/mol. The van der Waals surface area contributed by atoms with Crippen molar-refractivity contribution in [3.8, 4) is 11.6 Å². The summed E-state index contributed by atoms with van der Waals surface area (Å²) in [6, 6.07) is 12.3. The van der Waals surface area contributed by atoms with Crippen molar-refractivity contribution in [3.05, 3.63) is 71.3 Å². The van der Waals surface area contributed by atoms with E-state index in [0.717, 1.165) is 5.56 Å². The molecule has 6 nitrogen and oxygen atoms in total. The molecule has 132 valence electrons. The molecule has 0 saturated heterocycles. The largest absolute Gasteiger partial charge is 0.439 e. The van der Waals surface area contributed by atoms with Crippen molar-refractivity contribution in [2.75, 3.05) is 5.32 Å². The van der Waals surface area contributed by atoms with Crippen molar-refractivity contribution in [3.63, 3.8) is 0 Å². The van der Waals surface area contributed by atoms with E-state index in [0.29, 0.717) is 34.7 Å². The second kappa shape index (κ2) is 8.40. The highest BCUT2D eigenvalue weighted by atomic mass is 35.5. The number of nitrogens with one attached hydrogen (secondary N) is 1. The number of halogens is 1. The highest BCUT2D eigenvalue weighted by Crippen LogP contribution is 2.21. The summed E-state index contributed by atoms with van der Waals surface area (Å²) in [7, 11) is 0. The summed E-state index contributed by atoms with van der Waals surface area (Å²) in [6.45, 7) is 1.96. The van der Waals surface area contributed by atoms with Crippen LogP contribution in [0.2, 0.25) is 5.02 Å². The van der Waals surface area contributed by atoms with Crippen LogP contribution in [0.5, 0.6) is 11.6 Å². The normalized spacial score (nSPS) is 10.4. The van der Waals surface area contributed by atoms with Gasteiger partial charge in [-0.25, -0.2) is 15.0 Å². The average molecular weight is 369 g/mol. The molecule has 0 aliphatic heterocycles. The van der Waals surface area contributed by atoms with Crippen LogP contribution in [0.4, 0.5) is 5.82 Å². The summed E-state index contributed by atoms with van der Waals surface area (Å²) in [5, 5.41) is 3.33. The van der Waals surface area contributed by atoms with Gasteiger partial charge in [-0.2, -0.15) is 0 Å². The van der Waals surface area contributed by atoms with Crippen molar-refractivity contribution < 1.29 is 9.53 Å². The molecule has 3 aromatic rings. The molecule has 0 aliphatic rings. The lowest BCUT2D eigenvalue weighted by molar-refractivity contribution is -0.115. The third-order valence-electron chi connectivity index (χ3n) is 3.50. The van der Waals surface area contributed by atoms with Gasteiger partial charge in [0.05, 0.1) is 11.4 Å². The smallest absolute Gasteiger partial charge is 0.229 e. The number of benzene rings is 1. The molecule has 26 heavy (non-hydrogen) atoms. The first-order chi connectivity index (χ1) is 12.6. The van der Waals surface area contributed by atoms with Crippen molar-refractivity contribution in [2.24, 2.45) is 0 Å². The van der Waals surface area contributed by atoms with Crippen LogP contribution < -0.4 is 10.1 Å². The molecular formula is C19H17ClN4O2. The number of hydrogen-bond acceptors (Lipinski definition) is 5. The Morgan fingerprint density at radius 3 is 2.62 bits per heavy atom. The molecular weight excluding hydrogens is 352 g/mol. The number of aromatic nitrogens is 3. The molecule has 0 atom stereocenters. The van der Waals surface area contributed by atoms with Gasteiger partial charge in [0.1, 0.15) is 17.4 Å². The Morgan fingerprint density at radius 1 is 1.12 bits per heavy atom. The van der Waals surface area contributed by atoms with E-state index >= 15 is 0 Å². The van der Waals surface area contributed by atoms with E-state index in [4.69, 9.17) is 16.3 Å². The zero-order valence-corrected chi connectivity index (χ0v) is 14.9. The van der Waals surface area contributed by atoms with E-state index < -0.39 is 0 Å². The maximum atomic E-state index is 12.2. The van der Waals surface area contributed by atoms with Gasteiger partial charge >= 0.3 is 0 Å².